The van der Waals surface area contributed by atoms with Crippen molar-refractivity contribution in [2.24, 2.45) is 11.8 Å². The molecule has 4 nitrogen and oxygen atoms in total. The number of aliphatic hydroxyl groups is 1. The second kappa shape index (κ2) is 13.6. The Balaban J connectivity index is 1.84. The lowest BCUT2D eigenvalue weighted by atomic mass is 9.80. The van der Waals surface area contributed by atoms with Gasteiger partial charge in [0.25, 0.3) is 0 Å². The van der Waals surface area contributed by atoms with Gasteiger partial charge in [-0.25, -0.2) is 4.79 Å². The molecular weight excluding hydrogens is 448 g/mol. The van der Waals surface area contributed by atoms with Gasteiger partial charge in [0.1, 0.15) is 5.60 Å². The molecule has 0 aromatic heterocycles. The van der Waals surface area contributed by atoms with Gasteiger partial charge < -0.3 is 14.6 Å². The zero-order valence-corrected chi connectivity index (χ0v) is 21.3. The van der Waals surface area contributed by atoms with Crippen molar-refractivity contribution in [3.8, 4) is 0 Å². The Morgan fingerprint density at radius 1 is 0.833 bits per heavy atom. The fourth-order valence-electron chi connectivity index (χ4n) is 4.32. The molecule has 4 heteroatoms. The van der Waals surface area contributed by atoms with E-state index in [0.717, 1.165) is 16.7 Å². The quantitative estimate of drug-likeness (QED) is 0.142. The maximum atomic E-state index is 11.5. The van der Waals surface area contributed by atoms with Gasteiger partial charge in [0, 0.05) is 17.9 Å². The normalized spacial score (nSPS) is 14.6. The van der Waals surface area contributed by atoms with Crippen LogP contribution in [0.15, 0.2) is 115 Å². The number of benzene rings is 3. The van der Waals surface area contributed by atoms with E-state index < -0.39 is 11.7 Å². The van der Waals surface area contributed by atoms with E-state index in [0.29, 0.717) is 13.2 Å². The number of carbonyl (C=O) groups is 1. The zero-order chi connectivity index (χ0) is 25.8. The van der Waals surface area contributed by atoms with Crippen molar-refractivity contribution in [3.05, 3.63) is 132 Å². The molecule has 3 rings (SSSR count). The standard InChI is InChI=1S/C32H36O4/c1-4-35-30(33)23-15-14-16-25(2)31(34)26(3)24-36-32(27-17-8-5-9-18-27,28-19-10-6-11-20-28)29-21-12-7-13-22-29/h5-23,25-26,31,34H,4,24H2,1-3H3/b16-14+,23-15+/t25-,26-,31-/m0/s1. The van der Waals surface area contributed by atoms with Crippen LogP contribution < -0.4 is 0 Å². The molecule has 0 aliphatic carbocycles. The molecule has 0 spiro atoms. The predicted octanol–water partition coefficient (Wildman–Crippen LogP) is 6.30. The van der Waals surface area contributed by atoms with E-state index in [9.17, 15) is 9.90 Å². The minimum absolute atomic E-state index is 0.130. The number of aliphatic hydroxyl groups excluding tert-OH is 1. The predicted molar refractivity (Wildman–Crippen MR) is 144 cm³/mol. The molecule has 0 amide bonds. The molecule has 0 unspecified atom stereocenters. The van der Waals surface area contributed by atoms with Gasteiger partial charge in [-0.05, 0) is 23.6 Å². The molecule has 0 heterocycles. The average Bonchev–Trinajstić information content (AvgIpc) is 2.92. The number of hydrogen-bond acceptors (Lipinski definition) is 4. The summed E-state index contributed by atoms with van der Waals surface area (Å²) in [6.07, 6.45) is 6.03. The summed E-state index contributed by atoms with van der Waals surface area (Å²) in [4.78, 5) is 11.5. The molecule has 0 aliphatic heterocycles. The summed E-state index contributed by atoms with van der Waals surface area (Å²) in [7, 11) is 0. The first kappa shape index (κ1) is 27.1. The molecule has 0 saturated carbocycles. The molecular formula is C32H36O4. The van der Waals surface area contributed by atoms with E-state index in [-0.39, 0.29) is 17.8 Å². The summed E-state index contributed by atoms with van der Waals surface area (Å²) in [6.45, 7) is 6.40. The third-order valence-corrected chi connectivity index (χ3v) is 6.27. The number of esters is 1. The Morgan fingerprint density at radius 2 is 1.31 bits per heavy atom. The summed E-state index contributed by atoms with van der Waals surface area (Å²) in [5.74, 6) is -0.652. The molecule has 3 atom stereocenters. The van der Waals surface area contributed by atoms with Gasteiger partial charge in [0.2, 0.25) is 0 Å². The van der Waals surface area contributed by atoms with Crippen LogP contribution in [0.1, 0.15) is 37.5 Å². The van der Waals surface area contributed by atoms with Gasteiger partial charge in [-0.15, -0.1) is 0 Å². The number of ether oxygens (including phenoxy) is 2. The zero-order valence-electron chi connectivity index (χ0n) is 21.3. The van der Waals surface area contributed by atoms with Gasteiger partial charge >= 0.3 is 5.97 Å². The molecule has 36 heavy (non-hydrogen) atoms. The van der Waals surface area contributed by atoms with Crippen LogP contribution in [0.25, 0.3) is 0 Å². The highest BCUT2D eigenvalue weighted by Gasteiger charge is 2.38. The highest BCUT2D eigenvalue weighted by Crippen LogP contribution is 2.41. The molecule has 0 bridgehead atoms. The summed E-state index contributed by atoms with van der Waals surface area (Å²) in [6, 6.07) is 30.6. The first-order valence-corrected chi connectivity index (χ1v) is 12.5. The van der Waals surface area contributed by atoms with E-state index in [1.165, 1.54) is 6.08 Å². The number of carbonyl (C=O) groups excluding carboxylic acids is 1. The SMILES string of the molecule is CCOC(=O)/C=C/C=C/[C@H](C)[C@H](O)[C@@H](C)COC(c1ccccc1)(c1ccccc1)c1ccccc1. The first-order chi connectivity index (χ1) is 17.5. The van der Waals surface area contributed by atoms with Crippen LogP contribution >= 0.6 is 0 Å². The molecule has 188 valence electrons. The lowest BCUT2D eigenvalue weighted by molar-refractivity contribution is -0.137. The van der Waals surface area contributed by atoms with E-state index in [1.54, 1.807) is 19.1 Å². The largest absolute Gasteiger partial charge is 0.463 e. The van der Waals surface area contributed by atoms with Crippen molar-refractivity contribution >= 4 is 5.97 Å². The number of rotatable bonds is 12. The molecule has 3 aromatic carbocycles. The van der Waals surface area contributed by atoms with Crippen molar-refractivity contribution in [2.45, 2.75) is 32.5 Å². The fraction of sp³-hybridized carbons (Fsp3) is 0.281. The Kier molecular flexibility index (Phi) is 10.2. The van der Waals surface area contributed by atoms with Crippen LogP contribution in [0.4, 0.5) is 0 Å². The van der Waals surface area contributed by atoms with E-state index in [1.807, 2.05) is 74.5 Å². The van der Waals surface area contributed by atoms with Gasteiger partial charge in [0.05, 0.1) is 19.3 Å². The van der Waals surface area contributed by atoms with Gasteiger partial charge in [0.15, 0.2) is 0 Å². The highest BCUT2D eigenvalue weighted by molar-refractivity contribution is 5.82. The summed E-state index contributed by atoms with van der Waals surface area (Å²) >= 11 is 0. The van der Waals surface area contributed by atoms with E-state index in [2.05, 4.69) is 36.4 Å². The third kappa shape index (κ3) is 6.81. The third-order valence-electron chi connectivity index (χ3n) is 6.27. The van der Waals surface area contributed by atoms with Crippen molar-refractivity contribution in [2.75, 3.05) is 13.2 Å². The van der Waals surface area contributed by atoms with E-state index >= 15 is 0 Å². The molecule has 1 N–H and O–H groups in total. The van der Waals surface area contributed by atoms with Crippen LogP contribution in [0.5, 0.6) is 0 Å². The van der Waals surface area contributed by atoms with Crippen LogP contribution in [-0.2, 0) is 19.9 Å². The topological polar surface area (TPSA) is 55.8 Å². The monoisotopic (exact) mass is 484 g/mol. The van der Waals surface area contributed by atoms with E-state index in [4.69, 9.17) is 9.47 Å². The van der Waals surface area contributed by atoms with Gasteiger partial charge in [-0.1, -0.05) is 123 Å². The number of hydrogen-bond donors (Lipinski definition) is 1. The van der Waals surface area contributed by atoms with Gasteiger partial charge in [-0.2, -0.15) is 0 Å². The Bertz CT molecular complexity index is 1010. The molecule has 0 fully saturated rings. The minimum Gasteiger partial charge on any atom is -0.463 e. The molecule has 0 aliphatic rings. The van der Waals surface area contributed by atoms with Crippen LogP contribution in [0.2, 0.25) is 0 Å². The maximum Gasteiger partial charge on any atom is 0.330 e. The van der Waals surface area contributed by atoms with Crippen molar-refractivity contribution < 1.29 is 19.4 Å². The van der Waals surface area contributed by atoms with Crippen molar-refractivity contribution in [1.29, 1.82) is 0 Å². The second-order valence-electron chi connectivity index (χ2n) is 8.91. The molecule has 3 aromatic rings. The summed E-state index contributed by atoms with van der Waals surface area (Å²) in [5.41, 5.74) is 2.27. The highest BCUT2D eigenvalue weighted by atomic mass is 16.5. The smallest absolute Gasteiger partial charge is 0.330 e. The first-order valence-electron chi connectivity index (χ1n) is 12.5. The van der Waals surface area contributed by atoms with Crippen molar-refractivity contribution in [1.82, 2.24) is 0 Å². The Labute approximate surface area is 214 Å². The second-order valence-corrected chi connectivity index (χ2v) is 8.91. The fourth-order valence-corrected chi connectivity index (χ4v) is 4.32. The molecule has 0 radical (unpaired) electrons. The summed E-state index contributed by atoms with van der Waals surface area (Å²) in [5, 5.41) is 11.0. The minimum atomic E-state index is -0.820. The van der Waals surface area contributed by atoms with Crippen LogP contribution in [-0.4, -0.2) is 30.4 Å². The lowest BCUT2D eigenvalue weighted by Gasteiger charge is -2.37. The maximum absolute atomic E-state index is 11.5. The molecule has 0 saturated heterocycles. The van der Waals surface area contributed by atoms with Crippen LogP contribution in [0.3, 0.4) is 0 Å². The summed E-state index contributed by atoms with van der Waals surface area (Å²) < 4.78 is 11.7. The lowest BCUT2D eigenvalue weighted by Crippen LogP contribution is -2.37. The Morgan fingerprint density at radius 3 is 1.75 bits per heavy atom. The Hall–Kier alpha value is -3.47. The number of allylic oxidation sites excluding steroid dienone is 2. The van der Waals surface area contributed by atoms with Gasteiger partial charge in [-0.3, -0.25) is 0 Å². The average molecular weight is 485 g/mol. The van der Waals surface area contributed by atoms with Crippen LogP contribution in [0, 0.1) is 11.8 Å². The van der Waals surface area contributed by atoms with Crippen molar-refractivity contribution in [3.63, 3.8) is 0 Å².